The molecule has 2 nitrogen and oxygen atoms in total. The molecule has 0 fully saturated rings. The summed E-state index contributed by atoms with van der Waals surface area (Å²) in [4.78, 5) is 0. The number of hydrogen-bond acceptors (Lipinski definition) is 1. The van der Waals surface area contributed by atoms with Gasteiger partial charge in [-0.25, -0.2) is 4.52 Å². The molecule has 0 saturated carbocycles. The second kappa shape index (κ2) is 6.25. The van der Waals surface area contributed by atoms with Gasteiger partial charge in [-0.3, -0.25) is 0 Å². The first-order valence-electron chi connectivity index (χ1n) is 7.80. The molecule has 2 aromatic heterocycles. The molecule has 1 aromatic carbocycles. The van der Waals surface area contributed by atoms with Crippen LogP contribution in [0.25, 0.3) is 5.52 Å². The van der Waals surface area contributed by atoms with E-state index in [0.29, 0.717) is 5.92 Å². The van der Waals surface area contributed by atoms with Crippen molar-refractivity contribution < 1.29 is 0 Å². The maximum atomic E-state index is 4.56. The van der Waals surface area contributed by atoms with E-state index in [1.54, 1.807) is 0 Å². The maximum absolute atomic E-state index is 4.56. The van der Waals surface area contributed by atoms with Crippen LogP contribution in [-0.2, 0) is 6.42 Å². The molecule has 1 atom stereocenters. The fourth-order valence-electron chi connectivity index (χ4n) is 3.04. The zero-order valence-electron chi connectivity index (χ0n) is 13.3. The van der Waals surface area contributed by atoms with Gasteiger partial charge in [0, 0.05) is 22.7 Å². The molecule has 0 aliphatic rings. The van der Waals surface area contributed by atoms with Gasteiger partial charge in [-0.1, -0.05) is 41.9 Å². The summed E-state index contributed by atoms with van der Waals surface area (Å²) in [5.41, 5.74) is 6.71. The second-order valence-electron chi connectivity index (χ2n) is 5.99. The first-order chi connectivity index (χ1) is 10.6. The summed E-state index contributed by atoms with van der Waals surface area (Å²) in [5.74, 6) is 0.545. The van der Waals surface area contributed by atoms with Crippen LogP contribution in [-0.4, -0.2) is 9.61 Å². The van der Waals surface area contributed by atoms with Crippen LogP contribution < -0.4 is 0 Å². The number of fused-ring (bicyclic) bond motifs is 1. The molecule has 0 bridgehead atoms. The van der Waals surface area contributed by atoms with E-state index in [2.05, 4.69) is 78.3 Å². The van der Waals surface area contributed by atoms with Gasteiger partial charge in [-0.15, -0.1) is 0 Å². The quantitative estimate of drug-likeness (QED) is 0.602. The molecule has 0 saturated heterocycles. The van der Waals surface area contributed by atoms with Crippen LogP contribution >= 0.6 is 15.9 Å². The molecule has 0 N–H and O–H groups in total. The number of hydrogen-bond donors (Lipinski definition) is 0. The summed E-state index contributed by atoms with van der Waals surface area (Å²) in [7, 11) is 0. The molecular weight excluding hydrogens is 336 g/mol. The Hall–Kier alpha value is -1.61. The van der Waals surface area contributed by atoms with Crippen molar-refractivity contribution in [3.8, 4) is 0 Å². The standard InChI is InChI=1S/C19H21BrN2/c1-4-13(2)18-14(3)9-10-22-19(18)16(12-21-22)11-15-5-7-17(20)8-6-15/h5-10,12-13H,4,11H2,1-3H3. The molecule has 0 aliphatic carbocycles. The highest BCUT2D eigenvalue weighted by Crippen LogP contribution is 2.30. The Morgan fingerprint density at radius 2 is 1.91 bits per heavy atom. The maximum Gasteiger partial charge on any atom is 0.0734 e. The average molecular weight is 357 g/mol. The monoisotopic (exact) mass is 356 g/mol. The fraction of sp³-hybridized carbons (Fsp3) is 0.316. The summed E-state index contributed by atoms with van der Waals surface area (Å²) in [6, 6.07) is 10.7. The van der Waals surface area contributed by atoms with E-state index in [4.69, 9.17) is 0 Å². The number of rotatable bonds is 4. The number of pyridine rings is 1. The van der Waals surface area contributed by atoms with E-state index in [9.17, 15) is 0 Å². The molecule has 3 rings (SSSR count). The molecular formula is C19H21BrN2. The third kappa shape index (κ3) is 2.82. The van der Waals surface area contributed by atoms with Gasteiger partial charge in [0.1, 0.15) is 0 Å². The van der Waals surface area contributed by atoms with Crippen LogP contribution in [0.15, 0.2) is 47.2 Å². The summed E-state index contributed by atoms with van der Waals surface area (Å²) >= 11 is 3.50. The van der Waals surface area contributed by atoms with Crippen LogP contribution in [0.2, 0.25) is 0 Å². The van der Waals surface area contributed by atoms with E-state index in [-0.39, 0.29) is 0 Å². The molecule has 0 spiro atoms. The Bertz CT molecular complexity index is 787. The topological polar surface area (TPSA) is 17.3 Å². The average Bonchev–Trinajstić information content (AvgIpc) is 2.92. The molecule has 22 heavy (non-hydrogen) atoms. The molecule has 114 valence electrons. The van der Waals surface area contributed by atoms with Gasteiger partial charge >= 0.3 is 0 Å². The van der Waals surface area contributed by atoms with E-state index in [1.165, 1.54) is 27.8 Å². The smallest absolute Gasteiger partial charge is 0.0734 e. The minimum Gasteiger partial charge on any atom is -0.240 e. The van der Waals surface area contributed by atoms with Gasteiger partial charge in [0.05, 0.1) is 11.7 Å². The van der Waals surface area contributed by atoms with Crippen LogP contribution in [0.4, 0.5) is 0 Å². The van der Waals surface area contributed by atoms with Gasteiger partial charge < -0.3 is 0 Å². The van der Waals surface area contributed by atoms with Gasteiger partial charge in [-0.05, 0) is 54.2 Å². The normalized spacial score (nSPS) is 12.7. The predicted octanol–water partition coefficient (Wildman–Crippen LogP) is 5.51. The Morgan fingerprint density at radius 1 is 1.18 bits per heavy atom. The minimum atomic E-state index is 0.545. The number of benzene rings is 1. The largest absolute Gasteiger partial charge is 0.240 e. The summed E-state index contributed by atoms with van der Waals surface area (Å²) < 4.78 is 3.15. The Kier molecular flexibility index (Phi) is 4.34. The van der Waals surface area contributed by atoms with Crippen molar-refractivity contribution >= 4 is 21.4 Å². The molecule has 3 aromatic rings. The molecule has 3 heteroatoms. The first-order valence-corrected chi connectivity index (χ1v) is 8.59. The van der Waals surface area contributed by atoms with Crippen molar-refractivity contribution in [1.29, 1.82) is 0 Å². The zero-order valence-corrected chi connectivity index (χ0v) is 14.9. The molecule has 2 heterocycles. The van der Waals surface area contributed by atoms with Gasteiger partial charge in [0.25, 0.3) is 0 Å². The first kappa shape index (κ1) is 15.3. The summed E-state index contributed by atoms with van der Waals surface area (Å²) in [6.07, 6.45) is 6.15. The van der Waals surface area contributed by atoms with Gasteiger partial charge in [-0.2, -0.15) is 5.10 Å². The number of nitrogens with zero attached hydrogens (tertiary/aromatic N) is 2. The highest BCUT2D eigenvalue weighted by Gasteiger charge is 2.16. The van der Waals surface area contributed by atoms with E-state index >= 15 is 0 Å². The predicted molar refractivity (Wildman–Crippen MR) is 95.6 cm³/mol. The Balaban J connectivity index is 2.10. The highest BCUT2D eigenvalue weighted by molar-refractivity contribution is 9.10. The molecule has 0 amide bonds. The van der Waals surface area contributed by atoms with E-state index in [1.807, 2.05) is 10.7 Å². The van der Waals surface area contributed by atoms with Crippen LogP contribution in [0.5, 0.6) is 0 Å². The van der Waals surface area contributed by atoms with Crippen LogP contribution in [0.1, 0.15) is 48.4 Å². The van der Waals surface area contributed by atoms with Crippen LogP contribution in [0, 0.1) is 6.92 Å². The SMILES string of the molecule is CCC(C)c1c(C)ccn2ncc(Cc3ccc(Br)cc3)c12. The van der Waals surface area contributed by atoms with Crippen molar-refractivity contribution in [3.63, 3.8) is 0 Å². The number of aryl methyl sites for hydroxylation is 1. The molecule has 1 unspecified atom stereocenters. The van der Waals surface area contributed by atoms with Crippen molar-refractivity contribution in [1.82, 2.24) is 9.61 Å². The second-order valence-corrected chi connectivity index (χ2v) is 6.90. The number of aromatic nitrogens is 2. The molecule has 0 aliphatic heterocycles. The lowest BCUT2D eigenvalue weighted by molar-refractivity contribution is 0.726. The fourth-order valence-corrected chi connectivity index (χ4v) is 3.31. The van der Waals surface area contributed by atoms with Gasteiger partial charge in [0.15, 0.2) is 0 Å². The third-order valence-electron chi connectivity index (χ3n) is 4.43. The minimum absolute atomic E-state index is 0.545. The highest BCUT2D eigenvalue weighted by atomic mass is 79.9. The van der Waals surface area contributed by atoms with Crippen molar-refractivity contribution in [2.75, 3.05) is 0 Å². The van der Waals surface area contributed by atoms with E-state index in [0.717, 1.165) is 17.3 Å². The lowest BCUT2D eigenvalue weighted by Gasteiger charge is -2.15. The summed E-state index contributed by atoms with van der Waals surface area (Å²) in [5, 5.41) is 4.56. The molecule has 0 radical (unpaired) electrons. The Morgan fingerprint density at radius 3 is 2.59 bits per heavy atom. The Labute approximate surface area is 140 Å². The van der Waals surface area contributed by atoms with Crippen molar-refractivity contribution in [2.45, 2.75) is 39.5 Å². The lowest BCUT2D eigenvalue weighted by atomic mass is 9.92. The van der Waals surface area contributed by atoms with Crippen molar-refractivity contribution in [3.05, 3.63) is 69.5 Å². The summed E-state index contributed by atoms with van der Waals surface area (Å²) in [6.45, 7) is 6.76. The van der Waals surface area contributed by atoms with E-state index < -0.39 is 0 Å². The lowest BCUT2D eigenvalue weighted by Crippen LogP contribution is -2.02. The zero-order chi connectivity index (χ0) is 15.7. The van der Waals surface area contributed by atoms with Gasteiger partial charge in [0.2, 0.25) is 0 Å². The number of halogens is 1. The third-order valence-corrected chi connectivity index (χ3v) is 4.96. The van der Waals surface area contributed by atoms with Crippen LogP contribution in [0.3, 0.4) is 0 Å². The van der Waals surface area contributed by atoms with Crippen molar-refractivity contribution in [2.24, 2.45) is 0 Å².